The summed E-state index contributed by atoms with van der Waals surface area (Å²) in [6.07, 6.45) is 0. The molecule has 0 amide bonds. The summed E-state index contributed by atoms with van der Waals surface area (Å²) in [6.45, 7) is 4.87. The van der Waals surface area contributed by atoms with Crippen LogP contribution in [0, 0.1) is 0 Å². The smallest absolute Gasteiger partial charge is 0.160 e. The van der Waals surface area contributed by atoms with Gasteiger partial charge in [0.1, 0.15) is 8.07 Å². The number of hydrogen-bond acceptors (Lipinski definition) is 2. The van der Waals surface area contributed by atoms with Crippen LogP contribution < -0.4 is 10.4 Å². The molecule has 11 rings (SSSR count). The average Bonchev–Trinajstić information content (AvgIpc) is 3.81. The minimum absolute atomic E-state index is 0.750. The molecule has 0 saturated heterocycles. The van der Waals surface area contributed by atoms with Gasteiger partial charge in [0.25, 0.3) is 0 Å². The summed E-state index contributed by atoms with van der Waals surface area (Å²) in [5, 5.41) is 7.77. The van der Waals surface area contributed by atoms with Crippen LogP contribution in [0.15, 0.2) is 170 Å². The van der Waals surface area contributed by atoms with Crippen molar-refractivity contribution in [1.82, 2.24) is 19.1 Å². The largest absolute Gasteiger partial charge is 0.309 e. The summed E-state index contributed by atoms with van der Waals surface area (Å²) in [4.78, 5) is 10.8. The van der Waals surface area contributed by atoms with Crippen molar-refractivity contribution in [3.05, 3.63) is 170 Å². The van der Waals surface area contributed by atoms with Crippen LogP contribution in [0.1, 0.15) is 0 Å². The molecule has 0 aliphatic carbocycles. The van der Waals surface area contributed by atoms with Crippen LogP contribution in [-0.4, -0.2) is 27.2 Å². The van der Waals surface area contributed by atoms with Gasteiger partial charge in [-0.25, -0.2) is 9.97 Å². The van der Waals surface area contributed by atoms with Gasteiger partial charge in [0.15, 0.2) is 5.82 Å². The molecule has 0 N–H and O–H groups in total. The van der Waals surface area contributed by atoms with Gasteiger partial charge in [0.05, 0.1) is 33.5 Å². The zero-order chi connectivity index (χ0) is 35.3. The highest BCUT2D eigenvalue weighted by molar-refractivity contribution is 7.04. The van der Waals surface area contributed by atoms with Gasteiger partial charge < -0.3 is 9.13 Å². The van der Waals surface area contributed by atoms with E-state index in [1.54, 1.807) is 0 Å². The Kier molecular flexibility index (Phi) is 6.37. The molecule has 53 heavy (non-hydrogen) atoms. The van der Waals surface area contributed by atoms with Crippen LogP contribution in [-0.2, 0) is 0 Å². The lowest BCUT2D eigenvalue weighted by atomic mass is 10.1. The van der Waals surface area contributed by atoms with Crippen molar-refractivity contribution in [3.63, 3.8) is 0 Å². The Morgan fingerprint density at radius 2 is 0.962 bits per heavy atom. The average molecular weight is 695 g/mol. The quantitative estimate of drug-likeness (QED) is 0.172. The molecule has 0 bridgehead atoms. The summed E-state index contributed by atoms with van der Waals surface area (Å²) in [7, 11) is -2.04. The van der Waals surface area contributed by atoms with Crippen LogP contribution in [0.4, 0.5) is 0 Å². The third-order valence-electron chi connectivity index (χ3n) is 11.3. The van der Waals surface area contributed by atoms with Crippen molar-refractivity contribution >= 4 is 62.1 Å². The molecule has 1 aliphatic heterocycles. The number of para-hydroxylation sites is 3. The monoisotopic (exact) mass is 694 g/mol. The van der Waals surface area contributed by atoms with Gasteiger partial charge in [-0.3, -0.25) is 0 Å². The van der Waals surface area contributed by atoms with E-state index >= 15 is 0 Å². The highest BCUT2D eigenvalue weighted by Gasteiger charge is 2.41. The summed E-state index contributed by atoms with van der Waals surface area (Å²) in [6, 6.07) is 61.2. The second-order valence-electron chi connectivity index (χ2n) is 14.6. The first-order valence-electron chi connectivity index (χ1n) is 18.3. The van der Waals surface area contributed by atoms with Crippen LogP contribution in [0.5, 0.6) is 0 Å². The Bertz CT molecular complexity index is 3080. The van der Waals surface area contributed by atoms with Gasteiger partial charge in [-0.05, 0) is 64.5 Å². The predicted octanol–water partition coefficient (Wildman–Crippen LogP) is 10.8. The molecule has 1 aliphatic rings. The van der Waals surface area contributed by atoms with E-state index in [0.29, 0.717) is 0 Å². The molecule has 0 radical (unpaired) electrons. The number of hydrogen-bond donors (Lipinski definition) is 0. The summed E-state index contributed by atoms with van der Waals surface area (Å²) in [5.41, 5.74) is 12.5. The summed E-state index contributed by atoms with van der Waals surface area (Å²) < 4.78 is 4.81. The van der Waals surface area contributed by atoms with Crippen molar-refractivity contribution in [1.29, 1.82) is 0 Å². The molecule has 4 heterocycles. The molecular formula is C48H34N4Si. The second kappa shape index (κ2) is 11.2. The maximum atomic E-state index is 5.43. The minimum Gasteiger partial charge on any atom is -0.309 e. The molecule has 0 spiro atoms. The summed E-state index contributed by atoms with van der Waals surface area (Å²) in [5.74, 6) is 0.750. The molecule has 0 fully saturated rings. The number of fused-ring (bicyclic) bond motifs is 10. The third-order valence-corrected chi connectivity index (χ3v) is 14.8. The van der Waals surface area contributed by atoms with E-state index in [9.17, 15) is 0 Å². The number of rotatable bonds is 4. The topological polar surface area (TPSA) is 35.6 Å². The van der Waals surface area contributed by atoms with Gasteiger partial charge in [-0.2, -0.15) is 0 Å². The fraction of sp³-hybridized carbons (Fsp3) is 0.0417. The molecule has 0 atom stereocenters. The Labute approximate surface area is 308 Å². The van der Waals surface area contributed by atoms with E-state index in [-0.39, 0.29) is 0 Å². The predicted molar refractivity (Wildman–Crippen MR) is 224 cm³/mol. The maximum Gasteiger partial charge on any atom is 0.160 e. The van der Waals surface area contributed by atoms with Gasteiger partial charge >= 0.3 is 0 Å². The maximum absolute atomic E-state index is 5.43. The van der Waals surface area contributed by atoms with E-state index in [1.165, 1.54) is 59.5 Å². The second-order valence-corrected chi connectivity index (χ2v) is 18.9. The van der Waals surface area contributed by atoms with Crippen molar-refractivity contribution in [2.24, 2.45) is 0 Å². The van der Waals surface area contributed by atoms with E-state index in [4.69, 9.17) is 9.97 Å². The zero-order valence-electron chi connectivity index (χ0n) is 29.5. The van der Waals surface area contributed by atoms with Crippen LogP contribution in [0.3, 0.4) is 0 Å². The van der Waals surface area contributed by atoms with E-state index in [1.807, 2.05) is 0 Å². The first kappa shape index (κ1) is 30.1. The van der Waals surface area contributed by atoms with Crippen molar-refractivity contribution in [2.45, 2.75) is 13.1 Å². The van der Waals surface area contributed by atoms with E-state index in [2.05, 4.69) is 192 Å². The lowest BCUT2D eigenvalue weighted by molar-refractivity contribution is 1.16. The number of aromatic nitrogens is 4. The molecule has 0 saturated carbocycles. The standard InChI is InChI=1S/C48H34N4Si/c1-53(2)42-27-14-11-24-37(42)46-47(53)45(31-16-5-3-6-17-31)49-48(50-46)32-18-15-21-34(30-32)52-39-26-13-10-23-36(39)44-41(52)29-28-40-43(44)35-22-9-12-25-38(35)51(40)33-19-7-4-8-20-33/h3-30H,1-2H3. The lowest BCUT2D eigenvalue weighted by Gasteiger charge is -2.21. The molecule has 250 valence electrons. The lowest BCUT2D eigenvalue weighted by Crippen LogP contribution is -2.50. The zero-order valence-corrected chi connectivity index (χ0v) is 30.5. The first-order chi connectivity index (χ1) is 26.1. The minimum atomic E-state index is -2.04. The Balaban J connectivity index is 1.17. The van der Waals surface area contributed by atoms with Gasteiger partial charge in [-0.15, -0.1) is 0 Å². The fourth-order valence-electron chi connectivity index (χ4n) is 8.99. The molecule has 0 unspecified atom stereocenters. The third kappa shape index (κ3) is 4.29. The van der Waals surface area contributed by atoms with E-state index < -0.39 is 8.07 Å². The molecule has 10 aromatic rings. The highest BCUT2D eigenvalue weighted by atomic mass is 28.3. The van der Waals surface area contributed by atoms with E-state index in [0.717, 1.165) is 39.7 Å². The van der Waals surface area contributed by atoms with Crippen LogP contribution >= 0.6 is 0 Å². The SMILES string of the molecule is C[Si]1(C)c2ccccc2-c2nc(-c3cccc(-n4c5ccccc5c5c6c7ccccc7n(-c7ccccc7)c6ccc54)c3)nc(-c3ccccc3)c21. The van der Waals surface area contributed by atoms with Crippen molar-refractivity contribution in [2.75, 3.05) is 0 Å². The Morgan fingerprint density at radius 3 is 1.66 bits per heavy atom. The highest BCUT2D eigenvalue weighted by Crippen LogP contribution is 2.42. The van der Waals surface area contributed by atoms with Crippen LogP contribution in [0.2, 0.25) is 13.1 Å². The molecule has 5 heteroatoms. The number of benzene rings is 7. The van der Waals surface area contributed by atoms with Gasteiger partial charge in [-0.1, -0.05) is 134 Å². The fourth-order valence-corrected chi connectivity index (χ4v) is 12.2. The normalized spacial score (nSPS) is 13.2. The van der Waals surface area contributed by atoms with Crippen molar-refractivity contribution in [3.8, 4) is 45.3 Å². The Hall–Kier alpha value is -6.56. The first-order valence-corrected chi connectivity index (χ1v) is 21.3. The molecular weight excluding hydrogens is 661 g/mol. The Morgan fingerprint density at radius 1 is 0.434 bits per heavy atom. The van der Waals surface area contributed by atoms with Crippen molar-refractivity contribution < 1.29 is 0 Å². The molecule has 4 nitrogen and oxygen atoms in total. The van der Waals surface area contributed by atoms with Gasteiger partial charge in [0.2, 0.25) is 0 Å². The number of nitrogens with zero attached hydrogens (tertiary/aromatic N) is 4. The molecule has 3 aromatic heterocycles. The molecule has 7 aromatic carbocycles. The van der Waals surface area contributed by atoms with Crippen LogP contribution in [0.25, 0.3) is 88.9 Å². The van der Waals surface area contributed by atoms with Gasteiger partial charge in [0, 0.05) is 44.0 Å². The summed E-state index contributed by atoms with van der Waals surface area (Å²) >= 11 is 0.